The molecule has 0 radical (unpaired) electrons. The summed E-state index contributed by atoms with van der Waals surface area (Å²) < 4.78 is 11.6. The lowest BCUT2D eigenvalue weighted by atomic mass is 9.73. The number of rotatable bonds is 8. The van der Waals surface area contributed by atoms with Crippen molar-refractivity contribution in [3.05, 3.63) is 0 Å². The van der Waals surface area contributed by atoms with E-state index in [1.165, 1.54) is 25.7 Å². The molecule has 1 atom stereocenters. The molecule has 1 rings (SSSR count). The zero-order valence-corrected chi connectivity index (χ0v) is 14.4. The van der Waals surface area contributed by atoms with Crippen LogP contribution in [0.3, 0.4) is 0 Å². The Morgan fingerprint density at radius 3 is 2.30 bits per heavy atom. The highest BCUT2D eigenvalue weighted by Gasteiger charge is 2.41. The molecule has 1 aliphatic rings. The Bertz CT molecular complexity index is 270. The molecule has 20 heavy (non-hydrogen) atoms. The fraction of sp³-hybridized carbons (Fsp3) is 1.00. The van der Waals surface area contributed by atoms with Gasteiger partial charge in [0.1, 0.15) is 0 Å². The average molecular weight is 285 g/mol. The molecule has 120 valence electrons. The Morgan fingerprint density at radius 1 is 1.25 bits per heavy atom. The number of ether oxygens (including phenoxy) is 2. The van der Waals surface area contributed by atoms with Crippen molar-refractivity contribution in [1.29, 1.82) is 0 Å². The topological polar surface area (TPSA) is 30.5 Å². The maximum atomic E-state index is 6.04. The van der Waals surface area contributed by atoms with Crippen molar-refractivity contribution in [2.24, 2.45) is 5.92 Å². The van der Waals surface area contributed by atoms with Gasteiger partial charge in [-0.25, -0.2) is 0 Å². The van der Waals surface area contributed by atoms with Crippen LogP contribution < -0.4 is 5.32 Å². The first-order valence-electron chi connectivity index (χ1n) is 8.23. The number of nitrogens with one attached hydrogen (secondary N) is 1. The molecule has 1 N–H and O–H groups in total. The third kappa shape index (κ3) is 4.71. The Balaban J connectivity index is 2.71. The van der Waals surface area contributed by atoms with Gasteiger partial charge < -0.3 is 14.8 Å². The van der Waals surface area contributed by atoms with Crippen LogP contribution >= 0.6 is 0 Å². The van der Waals surface area contributed by atoms with Crippen molar-refractivity contribution in [2.75, 3.05) is 20.8 Å². The molecule has 0 saturated heterocycles. The summed E-state index contributed by atoms with van der Waals surface area (Å²) in [4.78, 5) is 0. The van der Waals surface area contributed by atoms with Crippen LogP contribution in [0.4, 0.5) is 0 Å². The first-order valence-corrected chi connectivity index (χ1v) is 8.23. The van der Waals surface area contributed by atoms with Gasteiger partial charge >= 0.3 is 0 Å². The Kier molecular flexibility index (Phi) is 6.96. The van der Waals surface area contributed by atoms with E-state index >= 15 is 0 Å². The summed E-state index contributed by atoms with van der Waals surface area (Å²) in [5.74, 6) is 0.843. The van der Waals surface area contributed by atoms with Crippen LogP contribution in [0.15, 0.2) is 0 Å². The van der Waals surface area contributed by atoms with E-state index in [-0.39, 0.29) is 11.2 Å². The monoisotopic (exact) mass is 285 g/mol. The van der Waals surface area contributed by atoms with E-state index in [1.807, 2.05) is 7.11 Å². The number of likely N-dealkylation sites (N-methyl/N-ethyl adjacent to an activating group) is 1. The summed E-state index contributed by atoms with van der Waals surface area (Å²) in [6, 6.07) is 0.430. The molecule has 0 spiro atoms. The van der Waals surface area contributed by atoms with Gasteiger partial charge in [-0.15, -0.1) is 0 Å². The first-order chi connectivity index (χ1) is 9.39. The van der Waals surface area contributed by atoms with Gasteiger partial charge in [-0.3, -0.25) is 0 Å². The Morgan fingerprint density at radius 2 is 1.85 bits per heavy atom. The molecule has 1 fully saturated rings. The lowest BCUT2D eigenvalue weighted by molar-refractivity contribution is -0.0818. The molecular weight excluding hydrogens is 250 g/mol. The molecule has 1 aliphatic carbocycles. The predicted molar refractivity (Wildman–Crippen MR) is 85.2 cm³/mol. The Labute approximate surface area is 125 Å². The summed E-state index contributed by atoms with van der Waals surface area (Å²) in [6.45, 7) is 9.87. The van der Waals surface area contributed by atoms with Crippen molar-refractivity contribution in [1.82, 2.24) is 5.32 Å². The second-order valence-corrected chi connectivity index (χ2v) is 7.06. The van der Waals surface area contributed by atoms with Crippen LogP contribution in [-0.4, -0.2) is 38.0 Å². The maximum absolute atomic E-state index is 6.04. The first kappa shape index (κ1) is 17.9. The van der Waals surface area contributed by atoms with E-state index in [2.05, 4.69) is 33.0 Å². The Hall–Kier alpha value is -0.120. The number of hydrogen-bond acceptors (Lipinski definition) is 3. The highest BCUT2D eigenvalue weighted by Crippen LogP contribution is 2.38. The van der Waals surface area contributed by atoms with Crippen molar-refractivity contribution >= 4 is 0 Å². The quantitative estimate of drug-likeness (QED) is 0.736. The van der Waals surface area contributed by atoms with Gasteiger partial charge in [0.05, 0.1) is 11.2 Å². The zero-order chi connectivity index (χ0) is 15.2. The fourth-order valence-electron chi connectivity index (χ4n) is 3.34. The minimum absolute atomic E-state index is 0.0202. The van der Waals surface area contributed by atoms with Crippen LogP contribution in [0.2, 0.25) is 0 Å². The molecule has 0 aromatic rings. The molecule has 0 amide bonds. The normalized spacial score (nSPS) is 29.4. The van der Waals surface area contributed by atoms with Crippen molar-refractivity contribution < 1.29 is 9.47 Å². The predicted octanol–water partition coefficient (Wildman–Crippen LogP) is 3.77. The van der Waals surface area contributed by atoms with Gasteiger partial charge in [-0.2, -0.15) is 0 Å². The second kappa shape index (κ2) is 7.77. The molecule has 0 aromatic carbocycles. The van der Waals surface area contributed by atoms with E-state index in [0.717, 1.165) is 25.3 Å². The number of hydrogen-bond donors (Lipinski definition) is 1. The summed E-state index contributed by atoms with van der Waals surface area (Å²) >= 11 is 0. The van der Waals surface area contributed by atoms with E-state index < -0.39 is 0 Å². The largest absolute Gasteiger partial charge is 0.379 e. The molecule has 0 heterocycles. The van der Waals surface area contributed by atoms with Crippen LogP contribution in [0.25, 0.3) is 0 Å². The van der Waals surface area contributed by atoms with Gasteiger partial charge in [0.2, 0.25) is 0 Å². The van der Waals surface area contributed by atoms with Gasteiger partial charge in [0.15, 0.2) is 0 Å². The van der Waals surface area contributed by atoms with Crippen LogP contribution in [0, 0.1) is 5.92 Å². The van der Waals surface area contributed by atoms with Crippen LogP contribution in [0.1, 0.15) is 66.2 Å². The maximum Gasteiger partial charge on any atom is 0.0831 e. The minimum atomic E-state index is -0.0510. The molecule has 0 bridgehead atoms. The highest BCUT2D eigenvalue weighted by atomic mass is 16.5. The highest BCUT2D eigenvalue weighted by molar-refractivity contribution is 4.97. The third-order valence-corrected chi connectivity index (χ3v) is 5.20. The summed E-state index contributed by atoms with van der Waals surface area (Å²) in [6.07, 6.45) is 7.08. The lowest BCUT2D eigenvalue weighted by Crippen LogP contribution is -2.54. The minimum Gasteiger partial charge on any atom is -0.379 e. The van der Waals surface area contributed by atoms with Crippen molar-refractivity contribution in [3.63, 3.8) is 0 Å². The van der Waals surface area contributed by atoms with Crippen LogP contribution in [0.5, 0.6) is 0 Å². The molecule has 1 unspecified atom stereocenters. The van der Waals surface area contributed by atoms with Gasteiger partial charge in [-0.05, 0) is 64.8 Å². The molecular formula is C17H35NO2. The van der Waals surface area contributed by atoms with Crippen molar-refractivity contribution in [3.8, 4) is 0 Å². The molecule has 3 heteroatoms. The smallest absolute Gasteiger partial charge is 0.0831 e. The molecule has 0 aliphatic heterocycles. The molecule has 1 saturated carbocycles. The standard InChI is InChI=1S/C17H35NO2/c1-7-18-15(10-11-16(3,4)19-5)17(20-6)12-8-14(2)9-13-17/h14-15,18H,7-13H2,1-6H3. The summed E-state index contributed by atoms with van der Waals surface area (Å²) in [5, 5.41) is 3.68. The van der Waals surface area contributed by atoms with Gasteiger partial charge in [0.25, 0.3) is 0 Å². The average Bonchev–Trinajstić information content (AvgIpc) is 2.45. The van der Waals surface area contributed by atoms with Gasteiger partial charge in [-0.1, -0.05) is 13.8 Å². The van der Waals surface area contributed by atoms with E-state index in [0.29, 0.717) is 6.04 Å². The van der Waals surface area contributed by atoms with E-state index in [9.17, 15) is 0 Å². The summed E-state index contributed by atoms with van der Waals surface area (Å²) in [7, 11) is 3.69. The zero-order valence-electron chi connectivity index (χ0n) is 14.4. The van der Waals surface area contributed by atoms with Crippen molar-refractivity contribution in [2.45, 2.75) is 83.5 Å². The second-order valence-electron chi connectivity index (χ2n) is 7.06. The fourth-order valence-corrected chi connectivity index (χ4v) is 3.34. The number of methoxy groups -OCH3 is 2. The lowest BCUT2D eigenvalue weighted by Gasteiger charge is -2.45. The SMILES string of the molecule is CCNC(CCC(C)(C)OC)C1(OC)CCC(C)CC1. The van der Waals surface area contributed by atoms with E-state index in [1.54, 1.807) is 7.11 Å². The molecule has 3 nitrogen and oxygen atoms in total. The van der Waals surface area contributed by atoms with E-state index in [4.69, 9.17) is 9.47 Å². The van der Waals surface area contributed by atoms with Gasteiger partial charge in [0, 0.05) is 20.3 Å². The van der Waals surface area contributed by atoms with Crippen LogP contribution in [-0.2, 0) is 9.47 Å². The molecule has 0 aromatic heterocycles. The summed E-state index contributed by atoms with van der Waals surface area (Å²) in [5.41, 5.74) is -0.0309. The third-order valence-electron chi connectivity index (χ3n) is 5.20.